The fourth-order valence-corrected chi connectivity index (χ4v) is 1.69. The van der Waals surface area contributed by atoms with E-state index in [-0.39, 0.29) is 5.92 Å². The number of benzene rings is 1. The fraction of sp³-hybridized carbons (Fsp3) is 0.462. The van der Waals surface area contributed by atoms with Gasteiger partial charge >= 0.3 is 5.97 Å². The van der Waals surface area contributed by atoms with Gasteiger partial charge in [-0.25, -0.2) is 0 Å². The lowest BCUT2D eigenvalue weighted by Gasteiger charge is -2.13. The summed E-state index contributed by atoms with van der Waals surface area (Å²) in [6.07, 6.45) is 1.07. The average molecular weight is 238 g/mol. The molecule has 0 fully saturated rings. The van der Waals surface area contributed by atoms with Crippen LogP contribution in [0.15, 0.2) is 18.2 Å². The zero-order valence-electron chi connectivity index (χ0n) is 10.4. The van der Waals surface area contributed by atoms with E-state index < -0.39 is 5.97 Å². The van der Waals surface area contributed by atoms with Crippen molar-refractivity contribution in [1.82, 2.24) is 0 Å². The molecule has 94 valence electrons. The Balaban J connectivity index is 2.93. The third kappa shape index (κ3) is 3.37. The highest BCUT2D eigenvalue weighted by Crippen LogP contribution is 2.27. The summed E-state index contributed by atoms with van der Waals surface area (Å²) in [6, 6.07) is 5.43. The van der Waals surface area contributed by atoms with Crippen molar-refractivity contribution in [2.24, 2.45) is 5.92 Å². The van der Waals surface area contributed by atoms with Crippen molar-refractivity contribution in [2.75, 3.05) is 14.2 Å². The quantitative estimate of drug-likeness (QED) is 0.826. The van der Waals surface area contributed by atoms with E-state index >= 15 is 0 Å². The first-order valence-corrected chi connectivity index (χ1v) is 5.56. The van der Waals surface area contributed by atoms with E-state index in [0.717, 1.165) is 5.56 Å². The Kier molecular flexibility index (Phi) is 4.82. The van der Waals surface area contributed by atoms with Gasteiger partial charge in [0.25, 0.3) is 0 Å². The molecular formula is C13H18O4. The maximum atomic E-state index is 11.0. The summed E-state index contributed by atoms with van der Waals surface area (Å²) < 4.78 is 10.3. The summed E-state index contributed by atoms with van der Waals surface area (Å²) in [5.41, 5.74) is 0.891. The number of carboxylic acids is 1. The van der Waals surface area contributed by atoms with Gasteiger partial charge in [-0.15, -0.1) is 0 Å². The van der Waals surface area contributed by atoms with Crippen molar-refractivity contribution in [2.45, 2.75) is 19.8 Å². The maximum absolute atomic E-state index is 11.0. The molecule has 0 saturated carbocycles. The number of carboxylic acid groups (broad SMARTS) is 1. The lowest BCUT2D eigenvalue weighted by Crippen LogP contribution is -2.15. The Hall–Kier alpha value is -1.71. The van der Waals surface area contributed by atoms with Gasteiger partial charge in [0.2, 0.25) is 0 Å². The van der Waals surface area contributed by atoms with Gasteiger partial charge in [-0.05, 0) is 24.5 Å². The van der Waals surface area contributed by atoms with Crippen LogP contribution in [0, 0.1) is 5.92 Å². The highest BCUT2D eigenvalue weighted by molar-refractivity contribution is 5.70. The topological polar surface area (TPSA) is 55.8 Å². The minimum atomic E-state index is -0.773. The molecule has 0 aliphatic rings. The Morgan fingerprint density at radius 2 is 2.06 bits per heavy atom. The Morgan fingerprint density at radius 3 is 2.53 bits per heavy atom. The molecule has 0 bridgehead atoms. The van der Waals surface area contributed by atoms with E-state index in [1.54, 1.807) is 20.3 Å². The molecule has 1 N–H and O–H groups in total. The van der Waals surface area contributed by atoms with E-state index in [2.05, 4.69) is 0 Å². The molecule has 4 nitrogen and oxygen atoms in total. The van der Waals surface area contributed by atoms with Crippen LogP contribution in [-0.4, -0.2) is 25.3 Å². The van der Waals surface area contributed by atoms with Gasteiger partial charge in [-0.3, -0.25) is 4.79 Å². The monoisotopic (exact) mass is 238 g/mol. The first-order chi connectivity index (χ1) is 8.12. The normalized spacial score (nSPS) is 11.9. The molecule has 0 radical (unpaired) electrons. The maximum Gasteiger partial charge on any atom is 0.306 e. The predicted molar refractivity (Wildman–Crippen MR) is 64.7 cm³/mol. The second kappa shape index (κ2) is 6.13. The molecule has 1 atom stereocenters. The van der Waals surface area contributed by atoms with E-state index in [1.165, 1.54) is 0 Å². The van der Waals surface area contributed by atoms with Gasteiger partial charge < -0.3 is 14.6 Å². The van der Waals surface area contributed by atoms with Crippen LogP contribution in [0.5, 0.6) is 11.5 Å². The SMILES string of the molecule is CC[C@H](Cc1ccc(OC)cc1OC)C(=O)O. The smallest absolute Gasteiger partial charge is 0.306 e. The molecule has 0 saturated heterocycles. The second-order valence-electron chi connectivity index (χ2n) is 3.83. The van der Waals surface area contributed by atoms with Crippen LogP contribution >= 0.6 is 0 Å². The van der Waals surface area contributed by atoms with Crippen LogP contribution in [0.2, 0.25) is 0 Å². The molecule has 0 heterocycles. The first kappa shape index (κ1) is 13.4. The number of ether oxygens (including phenoxy) is 2. The van der Waals surface area contributed by atoms with Gasteiger partial charge in [-0.1, -0.05) is 13.0 Å². The van der Waals surface area contributed by atoms with E-state index in [4.69, 9.17) is 14.6 Å². The van der Waals surface area contributed by atoms with Crippen LogP contribution in [0.1, 0.15) is 18.9 Å². The summed E-state index contributed by atoms with van der Waals surface area (Å²) in [5, 5.41) is 9.03. The lowest BCUT2D eigenvalue weighted by atomic mass is 9.96. The van der Waals surface area contributed by atoms with Crippen molar-refractivity contribution in [3.8, 4) is 11.5 Å². The van der Waals surface area contributed by atoms with Crippen molar-refractivity contribution < 1.29 is 19.4 Å². The van der Waals surface area contributed by atoms with Crippen LogP contribution in [-0.2, 0) is 11.2 Å². The molecule has 17 heavy (non-hydrogen) atoms. The lowest BCUT2D eigenvalue weighted by molar-refractivity contribution is -0.141. The van der Waals surface area contributed by atoms with Gasteiger partial charge in [0.15, 0.2) is 0 Å². The zero-order valence-corrected chi connectivity index (χ0v) is 10.4. The molecule has 0 amide bonds. The summed E-state index contributed by atoms with van der Waals surface area (Å²) in [5.74, 6) is 0.223. The highest BCUT2D eigenvalue weighted by atomic mass is 16.5. The Bertz CT molecular complexity index is 387. The predicted octanol–water partition coefficient (Wildman–Crippen LogP) is 2.36. The van der Waals surface area contributed by atoms with Gasteiger partial charge in [0.05, 0.1) is 20.1 Å². The number of methoxy groups -OCH3 is 2. The van der Waals surface area contributed by atoms with E-state index in [1.807, 2.05) is 19.1 Å². The van der Waals surface area contributed by atoms with Crippen molar-refractivity contribution in [3.63, 3.8) is 0 Å². The first-order valence-electron chi connectivity index (χ1n) is 5.56. The summed E-state index contributed by atoms with van der Waals surface area (Å²) >= 11 is 0. The number of hydrogen-bond donors (Lipinski definition) is 1. The number of aliphatic carboxylic acids is 1. The minimum absolute atomic E-state index is 0.378. The molecule has 0 spiro atoms. The number of hydrogen-bond acceptors (Lipinski definition) is 3. The van der Waals surface area contributed by atoms with Gasteiger partial charge in [0, 0.05) is 6.07 Å². The van der Waals surface area contributed by atoms with Crippen LogP contribution in [0.3, 0.4) is 0 Å². The molecule has 0 aliphatic heterocycles. The largest absolute Gasteiger partial charge is 0.497 e. The highest BCUT2D eigenvalue weighted by Gasteiger charge is 2.18. The zero-order chi connectivity index (χ0) is 12.8. The fourth-order valence-electron chi connectivity index (χ4n) is 1.69. The van der Waals surface area contributed by atoms with Gasteiger partial charge in [0.1, 0.15) is 11.5 Å². The standard InChI is InChI=1S/C13H18O4/c1-4-9(13(14)15)7-10-5-6-11(16-2)8-12(10)17-3/h5-6,8-9H,4,7H2,1-3H3,(H,14,15)/t9-/m1/s1. The minimum Gasteiger partial charge on any atom is -0.497 e. The number of carbonyl (C=O) groups is 1. The molecule has 0 aliphatic carbocycles. The van der Waals surface area contributed by atoms with Crippen molar-refractivity contribution in [1.29, 1.82) is 0 Å². The van der Waals surface area contributed by atoms with Gasteiger partial charge in [-0.2, -0.15) is 0 Å². The molecule has 4 heteroatoms. The molecule has 0 aromatic heterocycles. The molecule has 0 unspecified atom stereocenters. The number of rotatable bonds is 6. The van der Waals surface area contributed by atoms with Crippen LogP contribution in [0.4, 0.5) is 0 Å². The van der Waals surface area contributed by atoms with E-state index in [9.17, 15) is 4.79 Å². The molecule has 1 rings (SSSR count). The van der Waals surface area contributed by atoms with Crippen LogP contribution in [0.25, 0.3) is 0 Å². The summed E-state index contributed by atoms with van der Waals surface area (Å²) in [7, 11) is 3.15. The Labute approximate surface area is 101 Å². The molecule has 1 aromatic rings. The van der Waals surface area contributed by atoms with Crippen molar-refractivity contribution in [3.05, 3.63) is 23.8 Å². The third-order valence-electron chi connectivity index (χ3n) is 2.80. The third-order valence-corrected chi connectivity index (χ3v) is 2.80. The summed E-state index contributed by atoms with van der Waals surface area (Å²) in [4.78, 5) is 11.0. The van der Waals surface area contributed by atoms with E-state index in [0.29, 0.717) is 24.3 Å². The molecular weight excluding hydrogens is 220 g/mol. The summed E-state index contributed by atoms with van der Waals surface area (Å²) in [6.45, 7) is 1.87. The molecule has 1 aromatic carbocycles. The van der Waals surface area contributed by atoms with Crippen molar-refractivity contribution >= 4 is 5.97 Å². The second-order valence-corrected chi connectivity index (χ2v) is 3.83. The van der Waals surface area contributed by atoms with Crippen LogP contribution < -0.4 is 9.47 Å². The average Bonchev–Trinajstić information content (AvgIpc) is 2.35. The Morgan fingerprint density at radius 1 is 1.35 bits per heavy atom.